The molecule has 4 heterocycles. The summed E-state index contributed by atoms with van der Waals surface area (Å²) in [6, 6.07) is 1.39. The Kier molecular flexibility index (Phi) is 6.09. The number of rotatable bonds is 4. The molecule has 0 radical (unpaired) electrons. The highest BCUT2D eigenvalue weighted by atomic mass is 32.1. The van der Waals surface area contributed by atoms with E-state index in [-0.39, 0.29) is 23.3 Å². The Hall–Kier alpha value is -2.72. The summed E-state index contributed by atoms with van der Waals surface area (Å²) >= 11 is 1.45. The molecule has 4 rings (SSSR count). The molecule has 0 saturated carbocycles. The molecule has 1 aliphatic rings. The predicted molar refractivity (Wildman–Crippen MR) is 124 cm³/mol. The van der Waals surface area contributed by atoms with Crippen molar-refractivity contribution in [3.8, 4) is 0 Å². The zero-order valence-electron chi connectivity index (χ0n) is 19.0. The SMILES string of the molecule is Cc1nc2nc(C(C)N3CCN(c4cnc(C(=O)NC(C)(C)C)cn4)CC3)c(F)cc2s1. The van der Waals surface area contributed by atoms with Crippen molar-refractivity contribution in [1.29, 1.82) is 0 Å². The van der Waals surface area contributed by atoms with Crippen molar-refractivity contribution in [2.75, 3.05) is 31.1 Å². The van der Waals surface area contributed by atoms with E-state index in [2.05, 4.69) is 35.1 Å². The van der Waals surface area contributed by atoms with Crippen molar-refractivity contribution in [1.82, 2.24) is 30.2 Å². The number of aryl methyl sites for hydroxylation is 1. The molecule has 3 aromatic heterocycles. The lowest BCUT2D eigenvalue weighted by Crippen LogP contribution is -2.47. The Labute approximate surface area is 190 Å². The highest BCUT2D eigenvalue weighted by Crippen LogP contribution is 2.28. The fourth-order valence-electron chi connectivity index (χ4n) is 3.77. The number of hydrogen-bond acceptors (Lipinski definition) is 8. The minimum absolute atomic E-state index is 0.155. The number of carbonyl (C=O) groups is 1. The third-order valence-electron chi connectivity index (χ3n) is 5.41. The van der Waals surface area contributed by atoms with Crippen molar-refractivity contribution in [2.24, 2.45) is 0 Å². The third kappa shape index (κ3) is 4.86. The number of anilines is 1. The second-order valence-electron chi connectivity index (χ2n) is 9.07. The first-order valence-corrected chi connectivity index (χ1v) is 11.5. The van der Waals surface area contributed by atoms with Gasteiger partial charge in [0.1, 0.15) is 17.3 Å². The third-order valence-corrected chi connectivity index (χ3v) is 6.32. The monoisotopic (exact) mass is 457 g/mol. The summed E-state index contributed by atoms with van der Waals surface area (Å²) in [5.41, 5.74) is 1.01. The summed E-state index contributed by atoms with van der Waals surface area (Å²) in [5, 5.41) is 3.77. The van der Waals surface area contributed by atoms with Crippen LogP contribution >= 0.6 is 11.3 Å². The van der Waals surface area contributed by atoms with Crippen LogP contribution in [0.4, 0.5) is 10.2 Å². The number of nitrogens with zero attached hydrogens (tertiary/aromatic N) is 6. The van der Waals surface area contributed by atoms with Gasteiger partial charge in [-0.25, -0.2) is 24.3 Å². The van der Waals surface area contributed by atoms with Gasteiger partial charge in [-0.15, -0.1) is 11.3 Å². The molecule has 1 unspecified atom stereocenters. The van der Waals surface area contributed by atoms with Gasteiger partial charge in [-0.3, -0.25) is 9.69 Å². The van der Waals surface area contributed by atoms with E-state index < -0.39 is 0 Å². The molecule has 0 spiro atoms. The van der Waals surface area contributed by atoms with E-state index in [0.29, 0.717) is 17.0 Å². The largest absolute Gasteiger partial charge is 0.353 e. The fraction of sp³-hybridized carbons (Fsp3) is 0.500. The van der Waals surface area contributed by atoms with Crippen LogP contribution in [0, 0.1) is 12.7 Å². The topological polar surface area (TPSA) is 87.1 Å². The Morgan fingerprint density at radius 1 is 1.16 bits per heavy atom. The molecular weight excluding hydrogens is 429 g/mol. The van der Waals surface area contributed by atoms with Crippen LogP contribution in [0.25, 0.3) is 10.3 Å². The molecule has 1 N–H and O–H groups in total. The number of nitrogens with one attached hydrogen (secondary N) is 1. The van der Waals surface area contributed by atoms with Crippen LogP contribution < -0.4 is 10.2 Å². The number of hydrogen-bond donors (Lipinski definition) is 1. The van der Waals surface area contributed by atoms with Gasteiger partial charge in [0.05, 0.1) is 33.8 Å². The number of halogens is 1. The molecule has 3 aromatic rings. The smallest absolute Gasteiger partial charge is 0.271 e. The van der Waals surface area contributed by atoms with Crippen molar-refractivity contribution < 1.29 is 9.18 Å². The number of amides is 1. The van der Waals surface area contributed by atoms with E-state index in [1.54, 1.807) is 12.3 Å². The van der Waals surface area contributed by atoms with Crippen LogP contribution in [0.1, 0.15) is 54.9 Å². The predicted octanol–water partition coefficient (Wildman–Crippen LogP) is 3.34. The Morgan fingerprint density at radius 2 is 1.88 bits per heavy atom. The number of piperazine rings is 1. The summed E-state index contributed by atoms with van der Waals surface area (Å²) in [6.45, 7) is 12.6. The standard InChI is InChI=1S/C22H28FN7OS/c1-13(19-15(23)10-17-20(27-19)26-14(2)32-17)29-6-8-30(9-7-29)18-12-24-16(11-25-18)21(31)28-22(3,4)5/h10-13H,6-9H2,1-5H3,(H,28,31). The number of carbonyl (C=O) groups excluding carboxylic acids is 1. The van der Waals surface area contributed by atoms with E-state index in [1.165, 1.54) is 17.5 Å². The van der Waals surface area contributed by atoms with Gasteiger partial charge in [0.2, 0.25) is 0 Å². The molecule has 0 aliphatic carbocycles. The van der Waals surface area contributed by atoms with Crippen molar-refractivity contribution in [3.63, 3.8) is 0 Å². The summed E-state index contributed by atoms with van der Waals surface area (Å²) in [4.78, 5) is 34.2. The zero-order chi connectivity index (χ0) is 23.0. The van der Waals surface area contributed by atoms with E-state index in [0.717, 1.165) is 41.7 Å². The molecule has 0 aromatic carbocycles. The van der Waals surface area contributed by atoms with E-state index in [1.807, 2.05) is 34.6 Å². The molecule has 32 heavy (non-hydrogen) atoms. The van der Waals surface area contributed by atoms with Crippen LogP contribution in [0.5, 0.6) is 0 Å². The number of aromatic nitrogens is 4. The molecule has 1 aliphatic heterocycles. The fourth-order valence-corrected chi connectivity index (χ4v) is 4.57. The van der Waals surface area contributed by atoms with Crippen molar-refractivity contribution in [3.05, 3.63) is 40.7 Å². The quantitative estimate of drug-likeness (QED) is 0.643. The summed E-state index contributed by atoms with van der Waals surface area (Å²) in [7, 11) is 0. The molecule has 10 heteroatoms. The molecule has 1 saturated heterocycles. The molecule has 1 atom stereocenters. The van der Waals surface area contributed by atoms with Gasteiger partial charge in [0.15, 0.2) is 5.65 Å². The maximum atomic E-state index is 14.7. The Morgan fingerprint density at radius 3 is 2.50 bits per heavy atom. The van der Waals surface area contributed by atoms with Crippen molar-refractivity contribution >= 4 is 33.4 Å². The highest BCUT2D eigenvalue weighted by Gasteiger charge is 2.26. The highest BCUT2D eigenvalue weighted by molar-refractivity contribution is 7.18. The normalized spacial score (nSPS) is 16.4. The molecule has 1 fully saturated rings. The summed E-state index contributed by atoms with van der Waals surface area (Å²) in [5.74, 6) is 0.205. The number of thiazole rings is 1. The molecule has 0 bridgehead atoms. The molecule has 8 nitrogen and oxygen atoms in total. The van der Waals surface area contributed by atoms with Crippen molar-refractivity contribution in [2.45, 2.75) is 46.2 Å². The van der Waals surface area contributed by atoms with E-state index >= 15 is 0 Å². The first-order valence-electron chi connectivity index (χ1n) is 10.7. The average Bonchev–Trinajstić information content (AvgIpc) is 3.10. The summed E-state index contributed by atoms with van der Waals surface area (Å²) < 4.78 is 15.5. The maximum absolute atomic E-state index is 14.7. The maximum Gasteiger partial charge on any atom is 0.271 e. The van der Waals surface area contributed by atoms with E-state index in [9.17, 15) is 9.18 Å². The molecular formula is C22H28FN7OS. The molecule has 170 valence electrons. The van der Waals surface area contributed by atoms with Gasteiger partial charge < -0.3 is 10.2 Å². The van der Waals surface area contributed by atoms with Gasteiger partial charge in [0.25, 0.3) is 5.91 Å². The first kappa shape index (κ1) is 22.5. The zero-order valence-corrected chi connectivity index (χ0v) is 19.8. The van der Waals surface area contributed by atoms with Gasteiger partial charge >= 0.3 is 0 Å². The lowest BCUT2D eigenvalue weighted by Gasteiger charge is -2.38. The lowest BCUT2D eigenvalue weighted by molar-refractivity contribution is 0.0914. The minimum Gasteiger partial charge on any atom is -0.353 e. The lowest BCUT2D eigenvalue weighted by atomic mass is 10.1. The van der Waals surface area contributed by atoms with Crippen LogP contribution in [0.15, 0.2) is 18.5 Å². The number of pyridine rings is 1. The average molecular weight is 458 g/mol. The second kappa shape index (κ2) is 8.67. The van der Waals surface area contributed by atoms with Gasteiger partial charge in [-0.1, -0.05) is 0 Å². The summed E-state index contributed by atoms with van der Waals surface area (Å²) in [6.07, 6.45) is 3.14. The van der Waals surface area contributed by atoms with Gasteiger partial charge in [-0.2, -0.15) is 0 Å². The van der Waals surface area contributed by atoms with Gasteiger partial charge in [0, 0.05) is 31.7 Å². The second-order valence-corrected chi connectivity index (χ2v) is 10.3. The Balaban J connectivity index is 1.40. The van der Waals surface area contributed by atoms with Crippen LogP contribution in [-0.2, 0) is 0 Å². The first-order chi connectivity index (χ1) is 15.1. The van der Waals surface area contributed by atoms with E-state index in [4.69, 9.17) is 0 Å². The van der Waals surface area contributed by atoms with Crippen LogP contribution in [-0.4, -0.2) is 62.5 Å². The van der Waals surface area contributed by atoms with Crippen LogP contribution in [0.3, 0.4) is 0 Å². The molecule has 1 amide bonds. The van der Waals surface area contributed by atoms with Gasteiger partial charge in [-0.05, 0) is 40.7 Å². The Bertz CT molecular complexity index is 1120. The number of fused-ring (bicyclic) bond motifs is 1. The minimum atomic E-state index is -0.332. The van der Waals surface area contributed by atoms with Crippen LogP contribution in [0.2, 0.25) is 0 Å².